The van der Waals surface area contributed by atoms with Crippen LogP contribution in [0.3, 0.4) is 0 Å². The van der Waals surface area contributed by atoms with E-state index in [4.69, 9.17) is 9.47 Å². The van der Waals surface area contributed by atoms with Gasteiger partial charge in [-0.3, -0.25) is 0 Å². The van der Waals surface area contributed by atoms with Crippen molar-refractivity contribution in [1.82, 2.24) is 0 Å². The minimum absolute atomic E-state index is 0.202. The van der Waals surface area contributed by atoms with Crippen LogP contribution in [0.1, 0.15) is 39.2 Å². The van der Waals surface area contributed by atoms with Crippen molar-refractivity contribution in [3.8, 4) is 5.75 Å². The number of thiol groups is 1. The summed E-state index contributed by atoms with van der Waals surface area (Å²) >= 11 is 4.46. The molecular formula is C14H22O2S. The maximum Gasteiger partial charge on any atom is 0.196 e. The van der Waals surface area contributed by atoms with Gasteiger partial charge in [0.1, 0.15) is 5.75 Å². The molecule has 96 valence electrons. The lowest BCUT2D eigenvalue weighted by atomic mass is 9.98. The largest absolute Gasteiger partial charge is 0.465 e. The van der Waals surface area contributed by atoms with Gasteiger partial charge in [-0.15, -0.1) is 0 Å². The Hall–Kier alpha value is -0.670. The molecule has 0 aliphatic carbocycles. The standard InChI is InChI=1S/C14H22O2S/c1-5-15-12(4)16-14-8-6-13(7-9-14)10(2)11(3)17/h6-12,17H,5H2,1-4H3. The van der Waals surface area contributed by atoms with Gasteiger partial charge in [0.2, 0.25) is 0 Å². The molecule has 1 aromatic rings. The summed E-state index contributed by atoms with van der Waals surface area (Å²) in [4.78, 5) is 0. The minimum atomic E-state index is -0.202. The molecule has 0 radical (unpaired) electrons. The molecular weight excluding hydrogens is 232 g/mol. The lowest BCUT2D eigenvalue weighted by molar-refractivity contribution is -0.0613. The van der Waals surface area contributed by atoms with Crippen LogP contribution in [0.25, 0.3) is 0 Å². The normalized spacial score (nSPS) is 16.3. The second-order valence-electron chi connectivity index (χ2n) is 4.24. The molecule has 1 rings (SSSR count). The number of hydrogen-bond acceptors (Lipinski definition) is 3. The molecule has 0 saturated heterocycles. The van der Waals surface area contributed by atoms with E-state index in [0.717, 1.165) is 5.75 Å². The Kier molecular flexibility index (Phi) is 5.86. The highest BCUT2D eigenvalue weighted by atomic mass is 32.1. The summed E-state index contributed by atoms with van der Waals surface area (Å²) in [6, 6.07) is 8.14. The first kappa shape index (κ1) is 14.4. The number of benzene rings is 1. The Labute approximate surface area is 110 Å². The first-order valence-electron chi connectivity index (χ1n) is 6.10. The van der Waals surface area contributed by atoms with Crippen LogP contribution in [0.2, 0.25) is 0 Å². The van der Waals surface area contributed by atoms with Crippen molar-refractivity contribution in [2.75, 3.05) is 6.61 Å². The van der Waals surface area contributed by atoms with E-state index in [2.05, 4.69) is 38.6 Å². The third-order valence-corrected chi connectivity index (χ3v) is 3.28. The fourth-order valence-corrected chi connectivity index (χ4v) is 1.76. The van der Waals surface area contributed by atoms with Crippen molar-refractivity contribution in [3.63, 3.8) is 0 Å². The summed E-state index contributed by atoms with van der Waals surface area (Å²) in [6.45, 7) is 8.80. The third kappa shape index (κ3) is 4.60. The topological polar surface area (TPSA) is 18.5 Å². The highest BCUT2D eigenvalue weighted by Gasteiger charge is 2.10. The molecule has 0 spiro atoms. The second-order valence-corrected chi connectivity index (χ2v) is 5.05. The van der Waals surface area contributed by atoms with Crippen LogP contribution in [0.5, 0.6) is 5.75 Å². The van der Waals surface area contributed by atoms with Gasteiger partial charge in [-0.05, 0) is 37.5 Å². The SMILES string of the molecule is CCOC(C)Oc1ccc(C(C)C(C)S)cc1. The molecule has 3 unspecified atom stereocenters. The van der Waals surface area contributed by atoms with Gasteiger partial charge in [-0.1, -0.05) is 26.0 Å². The maximum absolute atomic E-state index is 5.61. The number of hydrogen-bond donors (Lipinski definition) is 1. The van der Waals surface area contributed by atoms with Crippen LogP contribution in [0.15, 0.2) is 24.3 Å². The van der Waals surface area contributed by atoms with Crippen molar-refractivity contribution in [2.24, 2.45) is 0 Å². The monoisotopic (exact) mass is 254 g/mol. The van der Waals surface area contributed by atoms with Crippen LogP contribution in [0.4, 0.5) is 0 Å². The molecule has 0 N–H and O–H groups in total. The van der Waals surface area contributed by atoms with E-state index in [0.29, 0.717) is 17.8 Å². The summed E-state index contributed by atoms with van der Waals surface area (Å²) in [7, 11) is 0. The third-order valence-electron chi connectivity index (χ3n) is 2.83. The molecule has 3 atom stereocenters. The Balaban J connectivity index is 2.61. The molecule has 0 bridgehead atoms. The van der Waals surface area contributed by atoms with E-state index in [1.54, 1.807) is 0 Å². The van der Waals surface area contributed by atoms with Gasteiger partial charge in [0.05, 0.1) is 0 Å². The van der Waals surface area contributed by atoms with E-state index in [-0.39, 0.29) is 6.29 Å². The molecule has 1 aromatic carbocycles. The van der Waals surface area contributed by atoms with Gasteiger partial charge in [-0.25, -0.2) is 0 Å². The van der Waals surface area contributed by atoms with Crippen molar-refractivity contribution in [2.45, 2.75) is 45.2 Å². The van der Waals surface area contributed by atoms with Gasteiger partial charge < -0.3 is 9.47 Å². The van der Waals surface area contributed by atoms with Crippen LogP contribution in [-0.4, -0.2) is 18.1 Å². The zero-order valence-corrected chi connectivity index (χ0v) is 11.9. The van der Waals surface area contributed by atoms with Crippen LogP contribution in [0, 0.1) is 0 Å². The molecule has 0 heterocycles. The van der Waals surface area contributed by atoms with Crippen molar-refractivity contribution >= 4 is 12.6 Å². The van der Waals surface area contributed by atoms with Gasteiger partial charge in [0.15, 0.2) is 6.29 Å². The minimum Gasteiger partial charge on any atom is -0.465 e. The predicted octanol–water partition coefficient (Wildman–Crippen LogP) is 3.87. The highest BCUT2D eigenvalue weighted by Crippen LogP contribution is 2.24. The van der Waals surface area contributed by atoms with E-state index in [1.165, 1.54) is 5.56 Å². The Bertz CT molecular complexity index is 321. The van der Waals surface area contributed by atoms with Gasteiger partial charge in [0, 0.05) is 11.9 Å². The molecule has 3 heteroatoms. The lowest BCUT2D eigenvalue weighted by Crippen LogP contribution is -2.16. The first-order chi connectivity index (χ1) is 8.04. The molecule has 0 saturated carbocycles. The quantitative estimate of drug-likeness (QED) is 0.613. The number of ether oxygens (including phenoxy) is 2. The number of rotatable bonds is 6. The molecule has 2 nitrogen and oxygen atoms in total. The zero-order valence-electron chi connectivity index (χ0n) is 11.0. The van der Waals surface area contributed by atoms with Gasteiger partial charge in [0.25, 0.3) is 0 Å². The molecule has 0 amide bonds. The summed E-state index contributed by atoms with van der Waals surface area (Å²) in [5.74, 6) is 1.28. The molecule has 0 aliphatic heterocycles. The Morgan fingerprint density at radius 1 is 1.12 bits per heavy atom. The molecule has 17 heavy (non-hydrogen) atoms. The van der Waals surface area contributed by atoms with Crippen LogP contribution in [-0.2, 0) is 4.74 Å². The summed E-state index contributed by atoms with van der Waals surface area (Å²) in [6.07, 6.45) is -0.202. The van der Waals surface area contributed by atoms with E-state index >= 15 is 0 Å². The van der Waals surface area contributed by atoms with Crippen LogP contribution < -0.4 is 4.74 Å². The summed E-state index contributed by atoms with van der Waals surface area (Å²) in [5.41, 5.74) is 1.28. The average Bonchev–Trinajstić information content (AvgIpc) is 2.29. The zero-order chi connectivity index (χ0) is 12.8. The smallest absolute Gasteiger partial charge is 0.196 e. The molecule has 0 aliphatic rings. The second kappa shape index (κ2) is 6.92. The predicted molar refractivity (Wildman–Crippen MR) is 75.0 cm³/mol. The fraction of sp³-hybridized carbons (Fsp3) is 0.571. The van der Waals surface area contributed by atoms with E-state index in [1.807, 2.05) is 26.0 Å². The van der Waals surface area contributed by atoms with E-state index in [9.17, 15) is 0 Å². The average molecular weight is 254 g/mol. The molecule has 0 aromatic heterocycles. The maximum atomic E-state index is 5.61. The van der Waals surface area contributed by atoms with Crippen LogP contribution >= 0.6 is 12.6 Å². The first-order valence-corrected chi connectivity index (χ1v) is 6.62. The summed E-state index contributed by atoms with van der Waals surface area (Å²) in [5, 5.41) is 0.351. The van der Waals surface area contributed by atoms with Gasteiger partial charge >= 0.3 is 0 Å². The lowest BCUT2D eigenvalue weighted by Gasteiger charge is -2.17. The van der Waals surface area contributed by atoms with Crippen molar-refractivity contribution in [3.05, 3.63) is 29.8 Å². The van der Waals surface area contributed by atoms with Crippen molar-refractivity contribution in [1.29, 1.82) is 0 Å². The summed E-state index contributed by atoms with van der Waals surface area (Å²) < 4.78 is 10.9. The highest BCUT2D eigenvalue weighted by molar-refractivity contribution is 7.81. The van der Waals surface area contributed by atoms with E-state index < -0.39 is 0 Å². The Morgan fingerprint density at radius 3 is 2.18 bits per heavy atom. The molecule has 0 fully saturated rings. The van der Waals surface area contributed by atoms with Gasteiger partial charge in [-0.2, -0.15) is 12.6 Å². The fourth-order valence-electron chi connectivity index (χ4n) is 1.59. The Morgan fingerprint density at radius 2 is 1.71 bits per heavy atom. The van der Waals surface area contributed by atoms with Crippen molar-refractivity contribution < 1.29 is 9.47 Å².